The molecule has 0 radical (unpaired) electrons. The molecule has 36 atom stereocenters. The molecular formula is C42H162O37Si38. The molecule has 36 unspecified atom stereocenters. The minimum absolute atomic E-state index is 1.64. The second-order valence-electron chi connectivity index (χ2n) is 29.7. The summed E-state index contributed by atoms with van der Waals surface area (Å²) in [6.45, 7) is 85.6. The van der Waals surface area contributed by atoms with Crippen LogP contribution < -0.4 is 0 Å². The molecule has 0 fully saturated rings. The van der Waals surface area contributed by atoms with E-state index in [2.05, 4.69) is 52.4 Å². The third-order valence-electron chi connectivity index (χ3n) is 14.5. The van der Waals surface area contributed by atoms with Gasteiger partial charge in [-0.25, -0.2) is 0 Å². The molecule has 0 aliphatic heterocycles. The first-order valence-electron chi connectivity index (χ1n) is 41.2. The summed E-state index contributed by atoms with van der Waals surface area (Å²) >= 11 is 0. The highest BCUT2D eigenvalue weighted by Gasteiger charge is 2.35. The van der Waals surface area contributed by atoms with Crippen molar-refractivity contribution in [3.05, 3.63) is 0 Å². The van der Waals surface area contributed by atoms with Crippen molar-refractivity contribution in [1.29, 1.82) is 0 Å². The quantitative estimate of drug-likeness (QED) is 0.0588. The third-order valence-corrected chi connectivity index (χ3v) is 130. The van der Waals surface area contributed by atoms with Crippen LogP contribution in [-0.2, 0) is 152 Å². The van der Waals surface area contributed by atoms with Gasteiger partial charge in [-0.1, -0.05) is 0 Å². The summed E-state index contributed by atoms with van der Waals surface area (Å²) < 4.78 is 232. The Labute approximate surface area is 770 Å². The van der Waals surface area contributed by atoms with Crippen LogP contribution in [0.1, 0.15) is 0 Å². The molecule has 0 aromatic heterocycles. The lowest BCUT2D eigenvalue weighted by Gasteiger charge is -2.28. The Balaban J connectivity index is 4.56. The molecule has 0 rings (SSSR count). The molecule has 0 amide bonds. The van der Waals surface area contributed by atoms with Crippen molar-refractivity contribution in [3.63, 3.8) is 0 Å². The normalized spacial score (nSPS) is 22.3. The Morgan fingerprint density at radius 2 is 0.128 bits per heavy atom. The van der Waals surface area contributed by atoms with Crippen molar-refractivity contribution in [2.24, 2.45) is 0 Å². The predicted octanol–water partition coefficient (Wildman–Crippen LogP) is -2.12. The summed E-state index contributed by atoms with van der Waals surface area (Å²) in [6.07, 6.45) is 0. The monoisotopic (exact) mass is 2320 g/mol. The maximum absolute atomic E-state index is 6.34. The van der Waals surface area contributed by atoms with E-state index >= 15 is 0 Å². The Morgan fingerprint density at radius 3 is 0.171 bits per heavy atom. The summed E-state index contributed by atoms with van der Waals surface area (Å²) in [5, 5.41) is 0. The zero-order valence-electron chi connectivity index (χ0n) is 78.9. The van der Waals surface area contributed by atoms with Gasteiger partial charge in [0.25, 0.3) is 334 Å². The van der Waals surface area contributed by atoms with Gasteiger partial charge in [0.05, 0.1) is 0 Å². The molecule has 0 aromatic rings. The van der Waals surface area contributed by atoms with E-state index in [1.165, 1.54) is 0 Å². The van der Waals surface area contributed by atoms with Crippen LogP contribution in [0.25, 0.3) is 0 Å². The first kappa shape index (κ1) is 124. The van der Waals surface area contributed by atoms with Crippen LogP contribution in [0.3, 0.4) is 0 Å². The Kier molecular flexibility index (Phi) is 71.8. The summed E-state index contributed by atoms with van der Waals surface area (Å²) in [6, 6.07) is 0. The van der Waals surface area contributed by atoms with Gasteiger partial charge in [-0.2, -0.15) is 0 Å². The molecule has 117 heavy (non-hydrogen) atoms. The minimum atomic E-state index is -2.06. The molecule has 0 saturated heterocycles. The summed E-state index contributed by atoms with van der Waals surface area (Å²) in [4.78, 5) is 0. The van der Waals surface area contributed by atoms with E-state index in [-0.39, 0.29) is 0 Å². The molecule has 37 nitrogen and oxygen atoms in total. The van der Waals surface area contributed by atoms with Crippen LogP contribution in [-0.4, -0.2) is 351 Å². The van der Waals surface area contributed by atoms with E-state index in [0.29, 0.717) is 0 Å². The highest BCUT2D eigenvalue weighted by atomic mass is 28.5. The van der Waals surface area contributed by atoms with E-state index in [4.69, 9.17) is 152 Å². The second kappa shape index (κ2) is 67.9. The molecule has 704 valence electrons. The van der Waals surface area contributed by atoms with Crippen LogP contribution in [0.15, 0.2) is 0 Å². The summed E-state index contributed by atoms with van der Waals surface area (Å²) in [5.41, 5.74) is 0. The minimum Gasteiger partial charge on any atom is -0.439 e. The van der Waals surface area contributed by atoms with E-state index < -0.39 is 351 Å². The van der Waals surface area contributed by atoms with Crippen molar-refractivity contribution >= 4 is 351 Å². The molecule has 0 aliphatic carbocycles. The number of hydrogen-bond donors (Lipinski definition) is 0. The average molecular weight is 2330 g/mol. The molecule has 0 N–H and O–H groups in total. The van der Waals surface area contributed by atoms with Crippen molar-refractivity contribution < 1.29 is 152 Å². The Morgan fingerprint density at radius 1 is 0.0855 bits per heavy atom. The van der Waals surface area contributed by atoms with E-state index in [0.717, 1.165) is 0 Å². The van der Waals surface area contributed by atoms with Gasteiger partial charge in [-0.05, 0) is 275 Å². The Hall–Kier alpha value is 6.76. The lowest BCUT2D eigenvalue weighted by molar-refractivity contribution is 0.297. The number of hydrogen-bond acceptors (Lipinski definition) is 37. The SMILES string of the molecule is C[SiH](O[SiH](C)O[SiH](C)O[SiH](C)O[SiH](C)O[SiH](C)O[SiH](C)O[SiH](C)O[SiH](C)O[SiH](C)O[SiH](C)O[SiH](C)O[SiH](C)O[SiH](C)O[SiH](C)O[SiH](C)O[SiH](C)O[SiH](C)O[SiH](C)O[Si](C)(C)C)O[SiH](C)O[SiH](C)O[SiH](C)O[SiH](C)O[SiH](C)O[SiH](C)O[SiH](C)O[SiH](C)O[SiH](C)O[SiH](C)O[SiH](C)O[SiH](C)O[SiH](C)O[SiH](C)O[SiH](C)O[SiH](C)O[SiH](C)O[Si](C)(C)C. The zero-order chi connectivity index (χ0) is 89.9. The fourth-order valence-electron chi connectivity index (χ4n) is 11.6. The standard InChI is InChI=1S/C42H162O37Si38/c1-80(44-82(3)46-84(5)48-86(7)50-88(9)52-90(11)54-92(13)56-94(15)58-96(17)60-98(19)62-100(21)64-102(23)66-104(25)68-106(27)70-108(29)72-110(31)74-112(33)76-114(35)78-116(37,38)39)43-81(2)45-83(4)47-85(6)49-87(8)51-89(10)53-91(12)55-93(14)57-95(16)59-97(18)61-99(20)63-101(22)65-103(24)67-105(26)69-107(28)71-109(30)73-111(32)75-113(34)77-115(36)79-117(40,41)42/h80-115H,1-42H3. The van der Waals surface area contributed by atoms with Gasteiger partial charge < -0.3 is 152 Å². The van der Waals surface area contributed by atoms with Crippen molar-refractivity contribution in [3.8, 4) is 0 Å². The maximum atomic E-state index is 6.34. The van der Waals surface area contributed by atoms with Crippen LogP contribution >= 0.6 is 0 Å². The largest absolute Gasteiger partial charge is 0.439 e. The summed E-state index contributed by atoms with van der Waals surface area (Å²) in [7, 11) is -75.2. The third kappa shape index (κ3) is 72.9. The second-order valence-corrected chi connectivity index (χ2v) is 119. The lowest BCUT2D eigenvalue weighted by Crippen LogP contribution is -2.44. The van der Waals surface area contributed by atoms with Crippen molar-refractivity contribution in [2.75, 3.05) is 0 Å². The highest BCUT2D eigenvalue weighted by molar-refractivity contribution is 6.81. The highest BCUT2D eigenvalue weighted by Crippen LogP contribution is 2.16. The van der Waals surface area contributed by atoms with Gasteiger partial charge >= 0.3 is 0 Å². The average Bonchev–Trinajstić information content (AvgIpc) is 0.929. The van der Waals surface area contributed by atoms with Gasteiger partial charge in [-0.3, -0.25) is 0 Å². The topological polar surface area (TPSA) is 342 Å². The van der Waals surface area contributed by atoms with Gasteiger partial charge in [-0.15, -0.1) is 0 Å². The van der Waals surface area contributed by atoms with Crippen LogP contribution in [0.5, 0.6) is 0 Å². The van der Waals surface area contributed by atoms with Crippen LogP contribution in [0.4, 0.5) is 0 Å². The van der Waals surface area contributed by atoms with Gasteiger partial charge in [0.2, 0.25) is 0 Å². The lowest BCUT2D eigenvalue weighted by atomic mass is 11.8. The van der Waals surface area contributed by atoms with Crippen LogP contribution in [0, 0.1) is 0 Å². The predicted molar refractivity (Wildman–Crippen MR) is 555 cm³/mol. The Bertz CT molecular complexity index is 2270. The van der Waals surface area contributed by atoms with Crippen molar-refractivity contribution in [2.45, 2.75) is 275 Å². The zero-order valence-corrected chi connectivity index (χ0v) is 122. The summed E-state index contributed by atoms with van der Waals surface area (Å²) in [5.74, 6) is 0. The molecule has 0 aliphatic rings. The first-order chi connectivity index (χ1) is 53.9. The molecule has 0 aromatic carbocycles. The molecule has 0 heterocycles. The molecular weight excluding hydrogens is 2160 g/mol. The first-order valence-corrected chi connectivity index (χ1v) is 123. The van der Waals surface area contributed by atoms with Gasteiger partial charge in [0.1, 0.15) is 0 Å². The van der Waals surface area contributed by atoms with E-state index in [9.17, 15) is 0 Å². The fraction of sp³-hybridized carbons (Fsp3) is 1.00. The fourth-order valence-corrected chi connectivity index (χ4v) is 125. The maximum Gasteiger partial charge on any atom is 0.300 e. The van der Waals surface area contributed by atoms with Gasteiger partial charge in [0.15, 0.2) is 16.6 Å². The molecule has 0 bridgehead atoms. The molecule has 75 heteroatoms. The van der Waals surface area contributed by atoms with E-state index in [1.54, 1.807) is 0 Å². The van der Waals surface area contributed by atoms with Gasteiger partial charge in [0, 0.05) is 0 Å². The smallest absolute Gasteiger partial charge is 0.300 e. The van der Waals surface area contributed by atoms with Crippen LogP contribution in [0.2, 0.25) is 275 Å². The molecule has 0 saturated carbocycles. The number of rotatable bonds is 74. The van der Waals surface area contributed by atoms with E-state index in [1.807, 2.05) is 223 Å². The molecule has 0 spiro atoms. The van der Waals surface area contributed by atoms with Crippen molar-refractivity contribution in [1.82, 2.24) is 0 Å².